The Morgan fingerprint density at radius 1 is 1.18 bits per heavy atom. The van der Waals surface area contributed by atoms with Crippen molar-refractivity contribution in [3.63, 3.8) is 0 Å². The predicted molar refractivity (Wildman–Crippen MR) is 109 cm³/mol. The van der Waals surface area contributed by atoms with Crippen LogP contribution in [0, 0.1) is 0 Å². The summed E-state index contributed by atoms with van der Waals surface area (Å²) in [7, 11) is 0. The molecule has 3 aromatic rings. The number of aryl methyl sites for hydroxylation is 1. The fourth-order valence-corrected chi connectivity index (χ4v) is 3.33. The van der Waals surface area contributed by atoms with Crippen LogP contribution in [0.1, 0.15) is 24.5 Å². The maximum Gasteiger partial charge on any atom is 0.310 e. The number of fused-ring (bicyclic) bond motifs is 1. The molecule has 5 heteroatoms. The van der Waals surface area contributed by atoms with Crippen LogP contribution in [-0.4, -0.2) is 40.5 Å². The number of hydrogen-bond acceptors (Lipinski definition) is 5. The molecule has 1 atom stereocenters. The van der Waals surface area contributed by atoms with Gasteiger partial charge < -0.3 is 14.9 Å². The molecule has 0 unspecified atom stereocenters. The van der Waals surface area contributed by atoms with Crippen LogP contribution in [0.25, 0.3) is 22.0 Å². The largest absolute Gasteiger partial charge is 0.466 e. The third-order valence-corrected chi connectivity index (χ3v) is 4.69. The summed E-state index contributed by atoms with van der Waals surface area (Å²) in [5, 5.41) is 19.6. The van der Waals surface area contributed by atoms with Crippen molar-refractivity contribution in [1.82, 2.24) is 4.98 Å². The minimum atomic E-state index is -0.718. The van der Waals surface area contributed by atoms with E-state index in [2.05, 4.69) is 11.1 Å². The molecule has 1 heterocycles. The molecule has 0 saturated carbocycles. The molecule has 0 bridgehead atoms. The van der Waals surface area contributed by atoms with Crippen LogP contribution in [0.5, 0.6) is 0 Å². The quantitative estimate of drug-likeness (QED) is 0.587. The Morgan fingerprint density at radius 2 is 2.00 bits per heavy atom. The Hall–Kier alpha value is -2.76. The lowest BCUT2D eigenvalue weighted by Gasteiger charge is -2.14. The normalized spacial score (nSPS) is 12.1. The van der Waals surface area contributed by atoms with E-state index in [1.807, 2.05) is 42.5 Å². The highest BCUT2D eigenvalue weighted by Crippen LogP contribution is 2.32. The molecule has 1 aromatic heterocycles. The Labute approximate surface area is 164 Å². The Kier molecular flexibility index (Phi) is 6.74. The van der Waals surface area contributed by atoms with Crippen molar-refractivity contribution in [2.75, 3.05) is 13.2 Å². The van der Waals surface area contributed by atoms with Crippen molar-refractivity contribution in [2.24, 2.45) is 0 Å². The van der Waals surface area contributed by atoms with Crippen molar-refractivity contribution in [1.29, 1.82) is 0 Å². The number of nitrogens with zero attached hydrogens (tertiary/aromatic N) is 1. The van der Waals surface area contributed by atoms with Gasteiger partial charge in [0.1, 0.15) is 0 Å². The van der Waals surface area contributed by atoms with Crippen LogP contribution < -0.4 is 0 Å². The summed E-state index contributed by atoms with van der Waals surface area (Å²) < 4.78 is 5.13. The van der Waals surface area contributed by atoms with E-state index in [4.69, 9.17) is 9.84 Å². The van der Waals surface area contributed by atoms with Gasteiger partial charge >= 0.3 is 5.97 Å². The van der Waals surface area contributed by atoms with Crippen molar-refractivity contribution in [3.05, 3.63) is 65.9 Å². The number of hydrogen-bond donors (Lipinski definition) is 2. The fraction of sp³-hybridized carbons (Fsp3) is 0.304. The molecule has 0 aliphatic carbocycles. The number of carbonyl (C=O) groups is 1. The van der Waals surface area contributed by atoms with Gasteiger partial charge in [0.2, 0.25) is 0 Å². The number of para-hydroxylation sites is 1. The van der Waals surface area contributed by atoms with Crippen LogP contribution in [0.2, 0.25) is 0 Å². The minimum absolute atomic E-state index is 0.161. The maximum absolute atomic E-state index is 12.1. The number of rotatable bonds is 8. The van der Waals surface area contributed by atoms with Gasteiger partial charge in [-0.25, -0.2) is 0 Å². The highest BCUT2D eigenvalue weighted by Gasteiger charge is 2.15. The Morgan fingerprint density at radius 3 is 2.79 bits per heavy atom. The van der Waals surface area contributed by atoms with E-state index in [1.54, 1.807) is 13.1 Å². The van der Waals surface area contributed by atoms with Gasteiger partial charge in [-0.1, -0.05) is 42.5 Å². The van der Waals surface area contributed by atoms with E-state index >= 15 is 0 Å². The molecule has 3 rings (SSSR count). The first kappa shape index (κ1) is 20.0. The lowest BCUT2D eigenvalue weighted by molar-refractivity contribution is -0.142. The van der Waals surface area contributed by atoms with Gasteiger partial charge in [-0.05, 0) is 48.1 Å². The average molecular weight is 379 g/mol. The lowest BCUT2D eigenvalue weighted by Crippen LogP contribution is -2.12. The van der Waals surface area contributed by atoms with Gasteiger partial charge in [0.25, 0.3) is 0 Å². The first-order valence-electron chi connectivity index (χ1n) is 9.52. The number of aromatic nitrogens is 1. The molecule has 0 spiro atoms. The monoisotopic (exact) mass is 379 g/mol. The van der Waals surface area contributed by atoms with Crippen LogP contribution in [0.4, 0.5) is 0 Å². The highest BCUT2D eigenvalue weighted by molar-refractivity contribution is 5.97. The molecule has 28 heavy (non-hydrogen) atoms. The molecule has 0 aliphatic rings. The number of aliphatic hydroxyl groups is 2. The number of aliphatic hydroxyl groups excluding tert-OH is 2. The van der Waals surface area contributed by atoms with E-state index in [9.17, 15) is 9.90 Å². The van der Waals surface area contributed by atoms with Crippen molar-refractivity contribution < 1.29 is 19.7 Å². The van der Waals surface area contributed by atoms with Crippen LogP contribution in [0.3, 0.4) is 0 Å². The van der Waals surface area contributed by atoms with Crippen LogP contribution >= 0.6 is 0 Å². The molecule has 5 nitrogen and oxygen atoms in total. The van der Waals surface area contributed by atoms with Crippen LogP contribution in [0.15, 0.2) is 54.7 Å². The predicted octanol–water partition coefficient (Wildman–Crippen LogP) is 3.29. The molecular formula is C23H25NO4. The van der Waals surface area contributed by atoms with Gasteiger partial charge in [-0.15, -0.1) is 0 Å². The van der Waals surface area contributed by atoms with Crippen molar-refractivity contribution >= 4 is 16.9 Å². The van der Waals surface area contributed by atoms with E-state index in [0.717, 1.165) is 33.2 Å². The minimum Gasteiger partial charge on any atom is -0.466 e. The summed E-state index contributed by atoms with van der Waals surface area (Å²) in [5.74, 6) is -0.275. The van der Waals surface area contributed by atoms with E-state index in [-0.39, 0.29) is 19.0 Å². The Balaban J connectivity index is 2.03. The van der Waals surface area contributed by atoms with Gasteiger partial charge in [-0.2, -0.15) is 0 Å². The second kappa shape index (κ2) is 9.44. The maximum atomic E-state index is 12.1. The van der Waals surface area contributed by atoms with Gasteiger partial charge in [-0.3, -0.25) is 9.78 Å². The van der Waals surface area contributed by atoms with Gasteiger partial charge in [0.15, 0.2) is 0 Å². The molecule has 146 valence electrons. The molecule has 0 fully saturated rings. The summed E-state index contributed by atoms with van der Waals surface area (Å²) in [6.45, 7) is 1.90. The smallest absolute Gasteiger partial charge is 0.310 e. The SMILES string of the molecule is CCOC(=O)Cc1cnc2ccccc2c1-c1cccc(CC[C@@H](O)CO)c1. The second-order valence-corrected chi connectivity index (χ2v) is 6.73. The molecular weight excluding hydrogens is 354 g/mol. The number of benzene rings is 2. The standard InChI is InChI=1S/C23H25NO4/c1-2-28-22(27)13-18-14-24-21-9-4-3-8-20(21)23(18)17-7-5-6-16(12-17)10-11-19(26)15-25/h3-9,12,14,19,25-26H,2,10-11,13,15H2,1H3/t19-/m1/s1. The van der Waals surface area contributed by atoms with Crippen molar-refractivity contribution in [3.8, 4) is 11.1 Å². The fourth-order valence-electron chi connectivity index (χ4n) is 3.33. The van der Waals surface area contributed by atoms with Crippen molar-refractivity contribution in [2.45, 2.75) is 32.3 Å². The highest BCUT2D eigenvalue weighted by atomic mass is 16.5. The second-order valence-electron chi connectivity index (χ2n) is 6.73. The third kappa shape index (κ3) is 4.74. The first-order chi connectivity index (χ1) is 13.6. The zero-order valence-corrected chi connectivity index (χ0v) is 16.0. The number of ether oxygens (including phenoxy) is 1. The average Bonchev–Trinajstić information content (AvgIpc) is 2.72. The summed E-state index contributed by atoms with van der Waals surface area (Å²) in [6, 6.07) is 15.9. The van der Waals surface area contributed by atoms with Crippen LogP contribution in [-0.2, 0) is 22.4 Å². The number of esters is 1. The molecule has 2 N–H and O–H groups in total. The van der Waals surface area contributed by atoms with Gasteiger partial charge in [0, 0.05) is 11.6 Å². The summed E-state index contributed by atoms with van der Waals surface area (Å²) in [4.78, 5) is 16.6. The molecule has 0 radical (unpaired) electrons. The number of carbonyl (C=O) groups excluding carboxylic acids is 1. The summed E-state index contributed by atoms with van der Waals surface area (Å²) >= 11 is 0. The molecule has 0 amide bonds. The summed E-state index contributed by atoms with van der Waals surface area (Å²) in [5.41, 5.74) is 4.72. The first-order valence-corrected chi connectivity index (χ1v) is 9.52. The van der Waals surface area contributed by atoms with E-state index in [0.29, 0.717) is 19.4 Å². The topological polar surface area (TPSA) is 79.7 Å². The molecule has 0 aliphatic heterocycles. The lowest BCUT2D eigenvalue weighted by atomic mass is 9.93. The zero-order valence-electron chi connectivity index (χ0n) is 16.0. The summed E-state index contributed by atoms with van der Waals surface area (Å²) in [6.07, 6.45) is 2.34. The molecule has 0 saturated heterocycles. The molecule has 2 aromatic carbocycles. The number of pyridine rings is 1. The Bertz CT molecular complexity index is 954. The third-order valence-electron chi connectivity index (χ3n) is 4.69. The van der Waals surface area contributed by atoms with E-state index in [1.165, 1.54) is 0 Å². The van der Waals surface area contributed by atoms with Gasteiger partial charge in [0.05, 0.1) is 31.3 Å². The van der Waals surface area contributed by atoms with E-state index < -0.39 is 6.10 Å². The zero-order chi connectivity index (χ0) is 19.9.